The maximum Gasteiger partial charge on any atom is 0.255 e. The number of carbonyl (C=O) groups excluding carboxylic acids is 1. The summed E-state index contributed by atoms with van der Waals surface area (Å²) in [6.07, 6.45) is 3.32. The van der Waals surface area contributed by atoms with E-state index in [0.717, 1.165) is 16.8 Å². The molecule has 10 heteroatoms. The zero-order valence-corrected chi connectivity index (χ0v) is 21.5. The third-order valence-electron chi connectivity index (χ3n) is 6.64. The second-order valence-electron chi connectivity index (χ2n) is 9.52. The van der Waals surface area contributed by atoms with Gasteiger partial charge in [-0.3, -0.25) is 4.79 Å². The molecule has 194 valence electrons. The van der Waals surface area contributed by atoms with Gasteiger partial charge < -0.3 is 25.1 Å². The number of aryl methyl sites for hydroxylation is 1. The number of fused-ring (bicyclic) bond motifs is 1. The minimum atomic E-state index is -0.491. The van der Waals surface area contributed by atoms with Gasteiger partial charge >= 0.3 is 0 Å². The van der Waals surface area contributed by atoms with E-state index in [1.807, 2.05) is 62.4 Å². The number of aliphatic hydroxyl groups is 1. The van der Waals surface area contributed by atoms with Crippen LogP contribution in [-0.2, 0) is 5.54 Å². The van der Waals surface area contributed by atoms with Gasteiger partial charge in [0.2, 0.25) is 11.8 Å². The quantitative estimate of drug-likeness (QED) is 0.276. The Morgan fingerprint density at radius 3 is 2.63 bits per heavy atom. The Balaban J connectivity index is 1.49. The maximum absolute atomic E-state index is 12.9. The van der Waals surface area contributed by atoms with E-state index >= 15 is 0 Å². The Hall–Kier alpha value is -4.57. The molecular weight excluding hydrogens is 482 g/mol. The third kappa shape index (κ3) is 4.61. The number of anilines is 3. The predicted molar refractivity (Wildman–Crippen MR) is 144 cm³/mol. The smallest absolute Gasteiger partial charge is 0.255 e. The lowest BCUT2D eigenvalue weighted by molar-refractivity contribution is 0.0652. The minimum Gasteiger partial charge on any atom is -0.421 e. The van der Waals surface area contributed by atoms with Crippen molar-refractivity contribution in [3.63, 3.8) is 0 Å². The number of hydrogen-bond donors (Lipinski definition) is 3. The van der Waals surface area contributed by atoms with Crippen molar-refractivity contribution >= 4 is 23.4 Å². The zero-order valence-electron chi connectivity index (χ0n) is 21.5. The fourth-order valence-corrected chi connectivity index (χ4v) is 4.63. The van der Waals surface area contributed by atoms with Gasteiger partial charge in [0.05, 0.1) is 23.8 Å². The number of aromatic nitrogens is 4. The standard InChI is InChI=1S/C28H29N7O3/c1-5-13-35-26(37)20-12-11-19(14-22(20)28(35,3)4)30-27-29-15-21(25-34-33-17(2)38-25)24(32-27)31-23(16-36)18-9-7-6-8-10-18/h5-12,14-15,23,36H,1,13,16H2,2-4H3,(H2,29,30,31,32)/t23-/m1/s1. The van der Waals surface area contributed by atoms with Crippen LogP contribution < -0.4 is 10.6 Å². The van der Waals surface area contributed by atoms with E-state index in [0.29, 0.717) is 35.3 Å². The van der Waals surface area contributed by atoms with Crippen LogP contribution in [0, 0.1) is 6.92 Å². The molecule has 0 aliphatic carbocycles. The lowest BCUT2D eigenvalue weighted by Crippen LogP contribution is -2.39. The molecule has 0 saturated carbocycles. The van der Waals surface area contributed by atoms with Gasteiger partial charge in [0.15, 0.2) is 0 Å². The summed E-state index contributed by atoms with van der Waals surface area (Å²) in [4.78, 5) is 23.9. The van der Waals surface area contributed by atoms with Crippen molar-refractivity contribution < 1.29 is 14.3 Å². The van der Waals surface area contributed by atoms with Gasteiger partial charge in [-0.1, -0.05) is 36.4 Å². The zero-order chi connectivity index (χ0) is 26.9. The number of aliphatic hydroxyl groups excluding tert-OH is 1. The summed E-state index contributed by atoms with van der Waals surface area (Å²) in [5.74, 6) is 1.40. The fourth-order valence-electron chi connectivity index (χ4n) is 4.63. The second kappa shape index (κ2) is 10.1. The summed E-state index contributed by atoms with van der Waals surface area (Å²) >= 11 is 0. The van der Waals surface area contributed by atoms with E-state index < -0.39 is 11.6 Å². The molecule has 0 saturated heterocycles. The topological polar surface area (TPSA) is 129 Å². The van der Waals surface area contributed by atoms with E-state index in [2.05, 4.69) is 32.4 Å². The maximum atomic E-state index is 12.9. The summed E-state index contributed by atoms with van der Waals surface area (Å²) in [6, 6.07) is 14.7. The highest BCUT2D eigenvalue weighted by atomic mass is 16.4. The van der Waals surface area contributed by atoms with Crippen LogP contribution in [0.1, 0.15) is 47.3 Å². The summed E-state index contributed by atoms with van der Waals surface area (Å²) in [7, 11) is 0. The Morgan fingerprint density at radius 1 is 1.16 bits per heavy atom. The Morgan fingerprint density at radius 2 is 1.95 bits per heavy atom. The van der Waals surface area contributed by atoms with E-state index in [-0.39, 0.29) is 18.4 Å². The van der Waals surface area contributed by atoms with Gasteiger partial charge in [0, 0.05) is 30.9 Å². The molecule has 2 aromatic heterocycles. The van der Waals surface area contributed by atoms with Crippen LogP contribution in [0.3, 0.4) is 0 Å². The molecule has 2 aromatic carbocycles. The number of amides is 1. The molecule has 1 aliphatic heterocycles. The summed E-state index contributed by atoms with van der Waals surface area (Å²) in [6.45, 7) is 9.83. The van der Waals surface area contributed by atoms with Crippen molar-refractivity contribution in [2.75, 3.05) is 23.8 Å². The Labute approximate surface area is 220 Å². The van der Waals surface area contributed by atoms with Crippen molar-refractivity contribution in [2.45, 2.75) is 32.4 Å². The first-order chi connectivity index (χ1) is 18.3. The number of hydrogen-bond acceptors (Lipinski definition) is 9. The molecule has 3 N–H and O–H groups in total. The minimum absolute atomic E-state index is 0.0191. The van der Waals surface area contributed by atoms with Gasteiger partial charge in [-0.15, -0.1) is 16.8 Å². The Kier molecular flexibility index (Phi) is 6.64. The number of nitrogens with one attached hydrogen (secondary N) is 2. The van der Waals surface area contributed by atoms with E-state index in [9.17, 15) is 9.90 Å². The van der Waals surface area contributed by atoms with Crippen molar-refractivity contribution in [1.82, 2.24) is 25.1 Å². The number of nitrogens with zero attached hydrogens (tertiary/aromatic N) is 5. The predicted octanol–water partition coefficient (Wildman–Crippen LogP) is 4.60. The molecule has 0 spiro atoms. The molecule has 3 heterocycles. The molecule has 38 heavy (non-hydrogen) atoms. The highest BCUT2D eigenvalue weighted by Crippen LogP contribution is 2.40. The van der Waals surface area contributed by atoms with E-state index in [1.165, 1.54) is 0 Å². The summed E-state index contributed by atoms with van der Waals surface area (Å²) in [5, 5.41) is 24.7. The molecule has 1 aliphatic rings. The number of carbonyl (C=O) groups is 1. The van der Waals surface area contributed by atoms with E-state index in [4.69, 9.17) is 9.40 Å². The first-order valence-electron chi connectivity index (χ1n) is 12.3. The van der Waals surface area contributed by atoms with Gasteiger partial charge in [-0.05, 0) is 43.2 Å². The van der Waals surface area contributed by atoms with Crippen molar-refractivity contribution in [2.24, 2.45) is 0 Å². The molecule has 0 unspecified atom stereocenters. The highest BCUT2D eigenvalue weighted by Gasteiger charge is 2.42. The molecule has 0 radical (unpaired) electrons. The fraction of sp³-hybridized carbons (Fsp3) is 0.250. The van der Waals surface area contributed by atoms with Crippen molar-refractivity contribution in [3.05, 3.63) is 90.0 Å². The molecular formula is C28H29N7O3. The largest absolute Gasteiger partial charge is 0.421 e. The third-order valence-corrected chi connectivity index (χ3v) is 6.64. The van der Waals surface area contributed by atoms with Gasteiger partial charge in [0.1, 0.15) is 5.82 Å². The monoisotopic (exact) mass is 511 g/mol. The first kappa shape index (κ1) is 25.1. The van der Waals surface area contributed by atoms with Gasteiger partial charge in [-0.25, -0.2) is 4.98 Å². The average molecular weight is 512 g/mol. The van der Waals surface area contributed by atoms with Gasteiger partial charge in [0.25, 0.3) is 11.8 Å². The van der Waals surface area contributed by atoms with Crippen LogP contribution in [0.15, 0.2) is 71.8 Å². The first-order valence-corrected chi connectivity index (χ1v) is 12.3. The van der Waals surface area contributed by atoms with E-state index in [1.54, 1.807) is 24.1 Å². The van der Waals surface area contributed by atoms with Crippen molar-refractivity contribution in [1.29, 1.82) is 0 Å². The van der Waals surface area contributed by atoms with Gasteiger partial charge in [-0.2, -0.15) is 4.98 Å². The SMILES string of the molecule is C=CCN1C(=O)c2ccc(Nc3ncc(-c4nnc(C)o4)c(N[C@H](CO)c4ccccc4)n3)cc2C1(C)C. The molecule has 1 atom stereocenters. The average Bonchev–Trinajstić information content (AvgIpc) is 3.43. The molecule has 5 rings (SSSR count). The van der Waals surface area contributed by atoms with Crippen LogP contribution >= 0.6 is 0 Å². The second-order valence-corrected chi connectivity index (χ2v) is 9.52. The van der Waals surface area contributed by atoms with Crippen LogP contribution in [0.4, 0.5) is 17.5 Å². The summed E-state index contributed by atoms with van der Waals surface area (Å²) < 4.78 is 5.63. The number of rotatable bonds is 9. The lowest BCUT2D eigenvalue weighted by atomic mass is 9.93. The van der Waals surface area contributed by atoms with Crippen LogP contribution in [0.2, 0.25) is 0 Å². The normalized spacial score (nSPS) is 14.7. The van der Waals surface area contributed by atoms with Crippen LogP contribution in [0.25, 0.3) is 11.5 Å². The molecule has 4 aromatic rings. The molecule has 1 amide bonds. The highest BCUT2D eigenvalue weighted by molar-refractivity contribution is 6.00. The molecule has 10 nitrogen and oxygen atoms in total. The van der Waals surface area contributed by atoms with Crippen LogP contribution in [0.5, 0.6) is 0 Å². The van der Waals surface area contributed by atoms with Crippen molar-refractivity contribution in [3.8, 4) is 11.5 Å². The summed E-state index contributed by atoms with van der Waals surface area (Å²) in [5.41, 5.74) is 3.22. The van der Waals surface area contributed by atoms with Crippen LogP contribution in [-0.4, -0.2) is 49.2 Å². The Bertz CT molecular complexity index is 1480. The number of benzene rings is 2. The lowest BCUT2D eigenvalue weighted by Gasteiger charge is -2.31. The molecule has 0 fully saturated rings. The molecule has 0 bridgehead atoms.